The highest BCUT2D eigenvalue weighted by atomic mass is 16.5. The Balaban J connectivity index is 1.98. The van der Waals surface area contributed by atoms with E-state index in [1.807, 2.05) is 0 Å². The van der Waals surface area contributed by atoms with Crippen LogP contribution in [0, 0.1) is 11.3 Å². The van der Waals surface area contributed by atoms with Crippen LogP contribution in [0.15, 0.2) is 0 Å². The van der Waals surface area contributed by atoms with Gasteiger partial charge in [-0.3, -0.25) is 4.90 Å². The van der Waals surface area contributed by atoms with E-state index >= 15 is 0 Å². The maximum absolute atomic E-state index is 6.16. The molecular weight excluding hydrogens is 236 g/mol. The lowest BCUT2D eigenvalue weighted by atomic mass is 9.74. The van der Waals surface area contributed by atoms with Crippen molar-refractivity contribution >= 4 is 0 Å². The van der Waals surface area contributed by atoms with E-state index in [-0.39, 0.29) is 5.54 Å². The van der Waals surface area contributed by atoms with Gasteiger partial charge in [0, 0.05) is 25.3 Å². The quantitative estimate of drug-likeness (QED) is 0.837. The summed E-state index contributed by atoms with van der Waals surface area (Å²) in [6.45, 7) is 12.2. The van der Waals surface area contributed by atoms with E-state index in [2.05, 4.69) is 25.7 Å². The summed E-state index contributed by atoms with van der Waals surface area (Å²) in [7, 11) is 0. The third-order valence-electron chi connectivity index (χ3n) is 5.41. The van der Waals surface area contributed by atoms with Crippen molar-refractivity contribution in [2.24, 2.45) is 17.1 Å². The Morgan fingerprint density at radius 2 is 1.84 bits per heavy atom. The smallest absolute Gasteiger partial charge is 0.0484 e. The van der Waals surface area contributed by atoms with Crippen LogP contribution in [0.25, 0.3) is 0 Å². The highest BCUT2D eigenvalue weighted by Crippen LogP contribution is 2.38. The van der Waals surface area contributed by atoms with Gasteiger partial charge in [0.15, 0.2) is 0 Å². The molecule has 1 atom stereocenters. The van der Waals surface area contributed by atoms with Crippen molar-refractivity contribution < 1.29 is 4.74 Å². The van der Waals surface area contributed by atoms with Crippen LogP contribution in [0.5, 0.6) is 0 Å². The molecule has 0 aromatic rings. The predicted octanol–water partition coefficient (Wildman–Crippen LogP) is 2.64. The highest BCUT2D eigenvalue weighted by molar-refractivity contribution is 4.95. The summed E-state index contributed by atoms with van der Waals surface area (Å²) in [5.74, 6) is 0.862. The zero-order chi connectivity index (χ0) is 13.9. The maximum Gasteiger partial charge on any atom is 0.0484 e. The first kappa shape index (κ1) is 15.3. The van der Waals surface area contributed by atoms with Crippen molar-refractivity contribution in [3.63, 3.8) is 0 Å². The molecule has 0 saturated carbocycles. The van der Waals surface area contributed by atoms with Gasteiger partial charge >= 0.3 is 0 Å². The molecule has 2 fully saturated rings. The van der Waals surface area contributed by atoms with Gasteiger partial charge in [-0.05, 0) is 56.5 Å². The molecule has 0 aromatic heterocycles. The van der Waals surface area contributed by atoms with Gasteiger partial charge in [0.1, 0.15) is 0 Å². The molecule has 0 aromatic carbocycles. The number of ether oxygens (including phenoxy) is 1. The molecule has 3 heteroatoms. The minimum atomic E-state index is 0.222. The number of rotatable bonds is 2. The number of nitrogens with two attached hydrogens (primary N) is 1. The van der Waals surface area contributed by atoms with Crippen LogP contribution >= 0.6 is 0 Å². The van der Waals surface area contributed by atoms with Crippen LogP contribution in [-0.2, 0) is 4.74 Å². The lowest BCUT2D eigenvalue weighted by molar-refractivity contribution is 0.0168. The first-order valence-electron chi connectivity index (χ1n) is 8.01. The first-order chi connectivity index (χ1) is 8.98. The Morgan fingerprint density at radius 3 is 2.42 bits per heavy atom. The van der Waals surface area contributed by atoms with Crippen molar-refractivity contribution in [3.8, 4) is 0 Å². The summed E-state index contributed by atoms with van der Waals surface area (Å²) in [6, 6.07) is 0. The Kier molecular flexibility index (Phi) is 4.91. The van der Waals surface area contributed by atoms with E-state index in [0.717, 1.165) is 38.5 Å². The summed E-state index contributed by atoms with van der Waals surface area (Å²) in [6.07, 6.45) is 6.14. The average molecular weight is 268 g/mol. The van der Waals surface area contributed by atoms with Crippen LogP contribution in [0.2, 0.25) is 0 Å². The summed E-state index contributed by atoms with van der Waals surface area (Å²) in [5.41, 5.74) is 6.84. The van der Waals surface area contributed by atoms with Gasteiger partial charge < -0.3 is 10.5 Å². The maximum atomic E-state index is 6.16. The fourth-order valence-corrected chi connectivity index (χ4v) is 3.86. The van der Waals surface area contributed by atoms with E-state index in [1.54, 1.807) is 0 Å². The Morgan fingerprint density at radius 1 is 1.16 bits per heavy atom. The van der Waals surface area contributed by atoms with Crippen molar-refractivity contribution in [3.05, 3.63) is 0 Å². The number of piperidine rings is 1. The van der Waals surface area contributed by atoms with E-state index in [4.69, 9.17) is 10.5 Å². The van der Waals surface area contributed by atoms with E-state index in [1.165, 1.54) is 32.4 Å². The third-order valence-corrected chi connectivity index (χ3v) is 5.41. The molecule has 2 N–H and O–H groups in total. The fourth-order valence-electron chi connectivity index (χ4n) is 3.86. The SMILES string of the molecule is CC(C)(C)C1CCN(C2(CN)CCCOCC2)CC1. The first-order valence-corrected chi connectivity index (χ1v) is 8.01. The van der Waals surface area contributed by atoms with Gasteiger partial charge in [0.25, 0.3) is 0 Å². The summed E-state index contributed by atoms with van der Waals surface area (Å²) >= 11 is 0. The van der Waals surface area contributed by atoms with Crippen molar-refractivity contribution in [2.75, 3.05) is 32.8 Å². The van der Waals surface area contributed by atoms with Crippen LogP contribution in [0.1, 0.15) is 52.9 Å². The highest BCUT2D eigenvalue weighted by Gasteiger charge is 2.39. The normalized spacial score (nSPS) is 32.2. The standard InChI is InChI=1S/C16H32N2O/c1-15(2,3)14-5-9-18(10-6-14)16(13-17)7-4-11-19-12-8-16/h14H,4-13,17H2,1-3H3. The molecule has 19 heavy (non-hydrogen) atoms. The predicted molar refractivity (Wildman–Crippen MR) is 80.2 cm³/mol. The molecule has 1 unspecified atom stereocenters. The molecule has 2 saturated heterocycles. The number of nitrogens with zero attached hydrogens (tertiary/aromatic N) is 1. The van der Waals surface area contributed by atoms with E-state index < -0.39 is 0 Å². The summed E-state index contributed by atoms with van der Waals surface area (Å²) in [4.78, 5) is 2.68. The summed E-state index contributed by atoms with van der Waals surface area (Å²) in [5, 5.41) is 0. The minimum Gasteiger partial charge on any atom is -0.381 e. The molecule has 0 amide bonds. The molecular formula is C16H32N2O. The van der Waals surface area contributed by atoms with Crippen LogP contribution in [-0.4, -0.2) is 43.3 Å². The fraction of sp³-hybridized carbons (Fsp3) is 1.00. The molecule has 2 aliphatic rings. The van der Waals surface area contributed by atoms with Crippen LogP contribution in [0.3, 0.4) is 0 Å². The largest absolute Gasteiger partial charge is 0.381 e. The van der Waals surface area contributed by atoms with Gasteiger partial charge in [0.05, 0.1) is 0 Å². The molecule has 0 radical (unpaired) electrons. The second-order valence-electron chi connectivity index (χ2n) is 7.52. The summed E-state index contributed by atoms with van der Waals surface area (Å²) < 4.78 is 5.64. The minimum absolute atomic E-state index is 0.222. The van der Waals surface area contributed by atoms with Gasteiger partial charge in [-0.15, -0.1) is 0 Å². The molecule has 3 nitrogen and oxygen atoms in total. The van der Waals surface area contributed by atoms with Gasteiger partial charge in [-0.2, -0.15) is 0 Å². The molecule has 2 heterocycles. The number of hydrogen-bond acceptors (Lipinski definition) is 3. The lowest BCUT2D eigenvalue weighted by Gasteiger charge is -2.48. The van der Waals surface area contributed by atoms with E-state index in [9.17, 15) is 0 Å². The average Bonchev–Trinajstić information content (AvgIpc) is 2.64. The number of hydrogen-bond donors (Lipinski definition) is 1. The van der Waals surface area contributed by atoms with Crippen LogP contribution < -0.4 is 5.73 Å². The topological polar surface area (TPSA) is 38.5 Å². The monoisotopic (exact) mass is 268 g/mol. The Bertz CT molecular complexity index is 269. The van der Waals surface area contributed by atoms with Gasteiger partial charge in [0.2, 0.25) is 0 Å². The zero-order valence-electron chi connectivity index (χ0n) is 13.1. The molecule has 112 valence electrons. The van der Waals surface area contributed by atoms with Crippen molar-refractivity contribution in [1.29, 1.82) is 0 Å². The molecule has 0 bridgehead atoms. The Hall–Kier alpha value is -0.120. The lowest BCUT2D eigenvalue weighted by Crippen LogP contribution is -2.57. The molecule has 0 spiro atoms. The van der Waals surface area contributed by atoms with E-state index in [0.29, 0.717) is 5.41 Å². The van der Waals surface area contributed by atoms with Crippen molar-refractivity contribution in [2.45, 2.75) is 58.4 Å². The van der Waals surface area contributed by atoms with Crippen molar-refractivity contribution in [1.82, 2.24) is 4.90 Å². The van der Waals surface area contributed by atoms with Gasteiger partial charge in [-0.1, -0.05) is 20.8 Å². The molecule has 2 aliphatic heterocycles. The zero-order valence-corrected chi connectivity index (χ0v) is 13.1. The van der Waals surface area contributed by atoms with Crippen LogP contribution in [0.4, 0.5) is 0 Å². The van der Waals surface area contributed by atoms with Gasteiger partial charge in [-0.25, -0.2) is 0 Å². The Labute approximate surface area is 118 Å². The number of likely N-dealkylation sites (tertiary alicyclic amines) is 1. The second-order valence-corrected chi connectivity index (χ2v) is 7.52. The molecule has 0 aliphatic carbocycles. The molecule has 2 rings (SSSR count). The third kappa shape index (κ3) is 3.50. The second kappa shape index (κ2) is 6.11.